The van der Waals surface area contributed by atoms with Crippen LogP contribution < -0.4 is 10.1 Å². The van der Waals surface area contributed by atoms with E-state index in [2.05, 4.69) is 15.5 Å². The number of ether oxygens (including phenoxy) is 1. The molecule has 1 amide bonds. The van der Waals surface area contributed by atoms with E-state index in [0.717, 1.165) is 11.3 Å². The number of aryl methyl sites for hydroxylation is 1. The number of rotatable bonds is 8. The Morgan fingerprint density at radius 1 is 1.06 bits per heavy atom. The third-order valence-electron chi connectivity index (χ3n) is 4.72. The van der Waals surface area contributed by atoms with Gasteiger partial charge in [-0.25, -0.2) is 4.39 Å². The Bertz CT molecular complexity index is 1260. The maximum atomic E-state index is 13.5. The van der Waals surface area contributed by atoms with E-state index in [4.69, 9.17) is 16.3 Å². The maximum absolute atomic E-state index is 13.5. The van der Waals surface area contributed by atoms with E-state index in [1.165, 1.54) is 23.9 Å². The highest BCUT2D eigenvalue weighted by atomic mass is 35.5. The zero-order valence-corrected chi connectivity index (χ0v) is 19.2. The number of amides is 1. The minimum atomic E-state index is -0.349. The van der Waals surface area contributed by atoms with Crippen molar-refractivity contribution < 1.29 is 13.9 Å². The Morgan fingerprint density at radius 3 is 2.55 bits per heavy atom. The number of hydrogen-bond acceptors (Lipinski definition) is 5. The quantitative estimate of drug-likeness (QED) is 0.327. The molecule has 0 bridgehead atoms. The maximum Gasteiger partial charge on any atom is 0.234 e. The molecular formula is C24H20ClFN4O2S. The van der Waals surface area contributed by atoms with E-state index in [1.807, 2.05) is 31.2 Å². The molecular weight excluding hydrogens is 463 g/mol. The van der Waals surface area contributed by atoms with Crippen LogP contribution in [0.5, 0.6) is 5.75 Å². The molecule has 0 unspecified atom stereocenters. The minimum Gasteiger partial charge on any atom is -0.485 e. The number of carbonyl (C=O) groups excluding carboxylic acids is 1. The normalized spacial score (nSPS) is 10.8. The van der Waals surface area contributed by atoms with Crippen molar-refractivity contribution >= 4 is 35.0 Å². The van der Waals surface area contributed by atoms with Gasteiger partial charge in [-0.05, 0) is 55.0 Å². The fraction of sp³-hybridized carbons (Fsp3) is 0.125. The number of carbonyl (C=O) groups is 1. The van der Waals surface area contributed by atoms with Crippen molar-refractivity contribution in [2.24, 2.45) is 0 Å². The summed E-state index contributed by atoms with van der Waals surface area (Å²) in [5.41, 5.74) is 2.20. The van der Waals surface area contributed by atoms with Crippen LogP contribution in [0.2, 0.25) is 5.02 Å². The first kappa shape index (κ1) is 22.8. The van der Waals surface area contributed by atoms with Crippen molar-refractivity contribution in [1.29, 1.82) is 0 Å². The first-order valence-corrected chi connectivity index (χ1v) is 11.4. The van der Waals surface area contributed by atoms with Gasteiger partial charge in [0.15, 0.2) is 11.0 Å². The van der Waals surface area contributed by atoms with Gasteiger partial charge in [0.25, 0.3) is 0 Å². The van der Waals surface area contributed by atoms with E-state index >= 15 is 0 Å². The monoisotopic (exact) mass is 482 g/mol. The zero-order chi connectivity index (χ0) is 23.2. The summed E-state index contributed by atoms with van der Waals surface area (Å²) in [6.07, 6.45) is 0. The Labute approximate surface area is 199 Å². The van der Waals surface area contributed by atoms with Crippen molar-refractivity contribution in [2.45, 2.75) is 18.7 Å². The molecule has 0 fully saturated rings. The van der Waals surface area contributed by atoms with E-state index in [-0.39, 0.29) is 24.1 Å². The van der Waals surface area contributed by atoms with Crippen molar-refractivity contribution in [2.75, 3.05) is 11.1 Å². The van der Waals surface area contributed by atoms with Gasteiger partial charge < -0.3 is 10.1 Å². The van der Waals surface area contributed by atoms with Crippen LogP contribution in [0.1, 0.15) is 11.4 Å². The third kappa shape index (κ3) is 5.71. The van der Waals surface area contributed by atoms with Crippen LogP contribution in [0, 0.1) is 12.7 Å². The Morgan fingerprint density at radius 2 is 1.79 bits per heavy atom. The molecule has 1 N–H and O–H groups in total. The van der Waals surface area contributed by atoms with Crippen molar-refractivity contribution in [1.82, 2.24) is 14.8 Å². The first-order chi connectivity index (χ1) is 16.0. The minimum absolute atomic E-state index is 0.0865. The smallest absolute Gasteiger partial charge is 0.234 e. The highest BCUT2D eigenvalue weighted by molar-refractivity contribution is 7.99. The second-order valence-electron chi connectivity index (χ2n) is 7.08. The molecule has 0 saturated carbocycles. The second-order valence-corrected chi connectivity index (χ2v) is 8.43. The lowest BCUT2D eigenvalue weighted by Crippen LogP contribution is -2.15. The highest BCUT2D eigenvalue weighted by Crippen LogP contribution is 2.25. The molecule has 0 aliphatic rings. The summed E-state index contributed by atoms with van der Waals surface area (Å²) in [5.74, 6) is 0.763. The van der Waals surface area contributed by atoms with E-state index in [1.54, 1.807) is 41.0 Å². The lowest BCUT2D eigenvalue weighted by atomic mass is 10.2. The molecule has 9 heteroatoms. The number of aromatic nitrogens is 3. The van der Waals surface area contributed by atoms with Gasteiger partial charge in [-0.15, -0.1) is 10.2 Å². The van der Waals surface area contributed by atoms with Gasteiger partial charge in [0.2, 0.25) is 5.91 Å². The summed E-state index contributed by atoms with van der Waals surface area (Å²) in [6.45, 7) is 2.11. The van der Waals surface area contributed by atoms with Crippen molar-refractivity contribution in [3.63, 3.8) is 0 Å². The predicted octanol–water partition coefficient (Wildman–Crippen LogP) is 5.68. The molecule has 3 aromatic carbocycles. The molecule has 1 heterocycles. The summed E-state index contributed by atoms with van der Waals surface area (Å²) in [4.78, 5) is 12.5. The Balaban J connectivity index is 1.53. The number of hydrogen-bond donors (Lipinski definition) is 1. The molecule has 0 spiro atoms. The SMILES string of the molecule is Cc1ccccc1OCc1nnc(SCC(=O)Nc2ccccc2Cl)n1-c1ccc(F)cc1. The van der Waals surface area contributed by atoms with Gasteiger partial charge in [-0.1, -0.05) is 53.7 Å². The van der Waals surface area contributed by atoms with E-state index in [9.17, 15) is 9.18 Å². The lowest BCUT2D eigenvalue weighted by molar-refractivity contribution is -0.113. The van der Waals surface area contributed by atoms with Crippen LogP contribution >= 0.6 is 23.4 Å². The summed E-state index contributed by atoms with van der Waals surface area (Å²) in [7, 11) is 0. The summed E-state index contributed by atoms with van der Waals surface area (Å²) < 4.78 is 21.2. The molecule has 1 aromatic heterocycles. The number of benzene rings is 3. The third-order valence-corrected chi connectivity index (χ3v) is 5.97. The van der Waals surface area contributed by atoms with Crippen molar-refractivity contribution in [3.05, 3.63) is 95.0 Å². The Kier molecular flexibility index (Phi) is 7.26. The van der Waals surface area contributed by atoms with Crippen LogP contribution in [0.4, 0.5) is 10.1 Å². The highest BCUT2D eigenvalue weighted by Gasteiger charge is 2.17. The predicted molar refractivity (Wildman–Crippen MR) is 128 cm³/mol. The van der Waals surface area contributed by atoms with Gasteiger partial charge in [0, 0.05) is 5.69 Å². The average Bonchev–Trinajstić information content (AvgIpc) is 3.22. The van der Waals surface area contributed by atoms with Crippen LogP contribution in [-0.2, 0) is 11.4 Å². The molecule has 0 aliphatic carbocycles. The van der Waals surface area contributed by atoms with E-state index < -0.39 is 0 Å². The summed E-state index contributed by atoms with van der Waals surface area (Å²) >= 11 is 7.32. The fourth-order valence-electron chi connectivity index (χ4n) is 3.08. The largest absolute Gasteiger partial charge is 0.485 e. The standard InChI is InChI=1S/C24H20ClFN4O2S/c1-16-6-2-5-9-21(16)32-14-22-28-29-24(30(22)18-12-10-17(26)11-13-18)33-15-23(31)27-20-8-4-3-7-19(20)25/h2-13H,14-15H2,1H3,(H,27,31). The molecule has 4 rings (SSSR count). The number of anilines is 1. The van der Waals surface area contributed by atoms with Crippen LogP contribution in [-0.4, -0.2) is 26.4 Å². The topological polar surface area (TPSA) is 69.0 Å². The summed E-state index contributed by atoms with van der Waals surface area (Å²) in [5, 5.41) is 12.2. The number of para-hydroxylation sites is 2. The average molecular weight is 483 g/mol. The van der Waals surface area contributed by atoms with Gasteiger partial charge >= 0.3 is 0 Å². The summed E-state index contributed by atoms with van der Waals surface area (Å²) in [6, 6.07) is 20.7. The van der Waals surface area contributed by atoms with Crippen LogP contribution in [0.3, 0.4) is 0 Å². The van der Waals surface area contributed by atoms with Gasteiger partial charge in [0.1, 0.15) is 18.2 Å². The van der Waals surface area contributed by atoms with Crippen LogP contribution in [0.15, 0.2) is 78.0 Å². The van der Waals surface area contributed by atoms with Gasteiger partial charge in [-0.2, -0.15) is 0 Å². The molecule has 4 aromatic rings. The lowest BCUT2D eigenvalue weighted by Gasteiger charge is -2.12. The number of nitrogens with zero attached hydrogens (tertiary/aromatic N) is 3. The zero-order valence-electron chi connectivity index (χ0n) is 17.7. The van der Waals surface area contributed by atoms with Gasteiger partial charge in [0.05, 0.1) is 16.5 Å². The van der Waals surface area contributed by atoms with E-state index in [0.29, 0.717) is 27.4 Å². The molecule has 6 nitrogen and oxygen atoms in total. The second kappa shape index (κ2) is 10.5. The Hall–Kier alpha value is -3.36. The molecule has 33 heavy (non-hydrogen) atoms. The first-order valence-electron chi connectivity index (χ1n) is 10.1. The van der Waals surface area contributed by atoms with Crippen molar-refractivity contribution in [3.8, 4) is 11.4 Å². The molecule has 0 saturated heterocycles. The molecule has 0 aliphatic heterocycles. The van der Waals surface area contributed by atoms with Gasteiger partial charge in [-0.3, -0.25) is 9.36 Å². The molecule has 168 valence electrons. The molecule has 0 radical (unpaired) electrons. The number of halogens is 2. The number of thioether (sulfide) groups is 1. The molecule has 0 atom stereocenters. The fourth-order valence-corrected chi connectivity index (χ4v) is 4.03. The van der Waals surface area contributed by atoms with Crippen LogP contribution in [0.25, 0.3) is 5.69 Å². The number of nitrogens with one attached hydrogen (secondary N) is 1.